The first kappa shape index (κ1) is 7.65. The summed E-state index contributed by atoms with van der Waals surface area (Å²) in [6.45, 7) is 4.64. The van der Waals surface area contributed by atoms with Gasteiger partial charge in [0.2, 0.25) is 0 Å². The number of hydrogen-bond donors (Lipinski definition) is 0. The Balaban J connectivity index is 0.000000360. The minimum absolute atomic E-state index is 0. The van der Waals surface area contributed by atoms with Gasteiger partial charge in [0.25, 0.3) is 0 Å². The molecule has 0 bridgehead atoms. The molecule has 0 aromatic rings. The Labute approximate surface area is 58.7 Å². The van der Waals surface area contributed by atoms with Crippen LogP contribution in [0.4, 0.5) is 0 Å². The van der Waals surface area contributed by atoms with Crippen molar-refractivity contribution in [2.45, 2.75) is 18.9 Å². The predicted molar refractivity (Wildman–Crippen MR) is 24.3 cm³/mol. The molecule has 0 radical (unpaired) electrons. The van der Waals surface area contributed by atoms with Crippen molar-refractivity contribution >= 4 is 0 Å². The SMILES string of the molecule is [CH2-]C1CCCO1.[Mo]. The molecule has 1 fully saturated rings. The summed E-state index contributed by atoms with van der Waals surface area (Å²) in [5.41, 5.74) is 0. The van der Waals surface area contributed by atoms with Crippen LogP contribution < -0.4 is 0 Å². The molecule has 42 valence electrons. The van der Waals surface area contributed by atoms with Gasteiger partial charge in [-0.1, -0.05) is 12.5 Å². The van der Waals surface area contributed by atoms with Gasteiger partial charge in [-0.3, -0.25) is 0 Å². The molecular weight excluding hydrogens is 172 g/mol. The molecule has 0 aromatic heterocycles. The summed E-state index contributed by atoms with van der Waals surface area (Å²) in [5.74, 6) is 0. The normalized spacial score (nSPS) is 29.6. The van der Waals surface area contributed by atoms with Crippen molar-refractivity contribution in [3.63, 3.8) is 0 Å². The van der Waals surface area contributed by atoms with Crippen molar-refractivity contribution in [3.05, 3.63) is 6.92 Å². The number of rotatable bonds is 0. The van der Waals surface area contributed by atoms with E-state index < -0.39 is 0 Å². The van der Waals surface area contributed by atoms with E-state index in [4.69, 9.17) is 4.74 Å². The van der Waals surface area contributed by atoms with Gasteiger partial charge in [0.1, 0.15) is 0 Å². The molecule has 0 aliphatic carbocycles. The molecule has 1 aliphatic heterocycles. The van der Waals surface area contributed by atoms with Crippen LogP contribution in [-0.2, 0) is 25.8 Å². The molecular formula is C5H9MoO-. The zero-order valence-electron chi connectivity index (χ0n) is 4.22. The van der Waals surface area contributed by atoms with Gasteiger partial charge < -0.3 is 11.7 Å². The molecule has 1 saturated heterocycles. The monoisotopic (exact) mass is 183 g/mol. The van der Waals surface area contributed by atoms with Crippen molar-refractivity contribution in [1.82, 2.24) is 0 Å². The summed E-state index contributed by atoms with van der Waals surface area (Å²) in [4.78, 5) is 0. The van der Waals surface area contributed by atoms with Crippen LogP contribution in [-0.4, -0.2) is 12.7 Å². The summed E-state index contributed by atoms with van der Waals surface area (Å²) < 4.78 is 5.04. The van der Waals surface area contributed by atoms with Gasteiger partial charge in [0.15, 0.2) is 0 Å². The van der Waals surface area contributed by atoms with Crippen LogP contribution in [0.5, 0.6) is 0 Å². The van der Waals surface area contributed by atoms with Crippen molar-refractivity contribution in [2.24, 2.45) is 0 Å². The van der Waals surface area contributed by atoms with Crippen LogP contribution in [0.3, 0.4) is 0 Å². The second-order valence-corrected chi connectivity index (χ2v) is 1.64. The molecule has 1 heterocycles. The Bertz CT molecular complexity index is 41.3. The summed E-state index contributed by atoms with van der Waals surface area (Å²) >= 11 is 0. The molecule has 0 amide bonds. The molecule has 1 atom stereocenters. The first-order chi connectivity index (χ1) is 2.89. The van der Waals surface area contributed by atoms with E-state index in [1.54, 1.807) is 0 Å². The molecule has 7 heavy (non-hydrogen) atoms. The molecule has 0 spiro atoms. The number of ether oxygens (including phenoxy) is 1. The third-order valence-electron chi connectivity index (χ3n) is 1.02. The second kappa shape index (κ2) is 3.63. The van der Waals surface area contributed by atoms with Crippen molar-refractivity contribution in [3.8, 4) is 0 Å². The Morgan fingerprint density at radius 3 is 2.43 bits per heavy atom. The summed E-state index contributed by atoms with van der Waals surface area (Å²) in [7, 11) is 0. The Morgan fingerprint density at radius 2 is 2.29 bits per heavy atom. The maximum atomic E-state index is 5.04. The zero-order valence-corrected chi connectivity index (χ0v) is 6.23. The average molecular weight is 181 g/mol. The van der Waals surface area contributed by atoms with Crippen molar-refractivity contribution in [2.75, 3.05) is 6.61 Å². The van der Waals surface area contributed by atoms with Gasteiger partial charge in [0, 0.05) is 27.7 Å². The maximum Gasteiger partial charge on any atom is 0.0433 e. The molecule has 2 heteroatoms. The molecule has 0 saturated carbocycles. The maximum absolute atomic E-state index is 5.04. The Kier molecular flexibility index (Phi) is 3.96. The fourth-order valence-corrected chi connectivity index (χ4v) is 0.644. The second-order valence-electron chi connectivity index (χ2n) is 1.64. The van der Waals surface area contributed by atoms with Crippen LogP contribution in [0, 0.1) is 6.92 Å². The van der Waals surface area contributed by atoms with Gasteiger partial charge in [-0.05, 0) is 6.42 Å². The first-order valence-corrected chi connectivity index (χ1v) is 2.34. The molecule has 1 nitrogen and oxygen atoms in total. The van der Waals surface area contributed by atoms with E-state index in [1.807, 2.05) is 0 Å². The largest absolute Gasteiger partial charge is 0.410 e. The Morgan fingerprint density at radius 1 is 1.57 bits per heavy atom. The van der Waals surface area contributed by atoms with Gasteiger partial charge >= 0.3 is 0 Å². The van der Waals surface area contributed by atoms with E-state index in [2.05, 4.69) is 6.92 Å². The molecule has 1 aliphatic rings. The van der Waals surface area contributed by atoms with E-state index in [1.165, 1.54) is 6.42 Å². The van der Waals surface area contributed by atoms with Gasteiger partial charge in [-0.15, -0.1) is 0 Å². The van der Waals surface area contributed by atoms with Crippen LogP contribution in [0.15, 0.2) is 0 Å². The summed E-state index contributed by atoms with van der Waals surface area (Å²) in [6, 6.07) is 0. The standard InChI is InChI=1S/C5H9O.Mo/c1-5-3-2-4-6-5;/h5H,1-4H2;/q-1;. The van der Waals surface area contributed by atoms with E-state index >= 15 is 0 Å². The van der Waals surface area contributed by atoms with E-state index in [9.17, 15) is 0 Å². The predicted octanol–water partition coefficient (Wildman–Crippen LogP) is 0.997. The molecule has 1 unspecified atom stereocenters. The quantitative estimate of drug-likeness (QED) is 0.400. The molecule has 0 N–H and O–H groups in total. The topological polar surface area (TPSA) is 9.23 Å². The summed E-state index contributed by atoms with van der Waals surface area (Å²) in [6.07, 6.45) is 2.65. The Hall–Kier alpha value is 0.648. The average Bonchev–Trinajstić information content (AvgIpc) is 1.86. The minimum Gasteiger partial charge on any atom is -0.410 e. The van der Waals surface area contributed by atoms with Gasteiger partial charge in [-0.25, -0.2) is 0 Å². The summed E-state index contributed by atoms with van der Waals surface area (Å²) in [5, 5.41) is 0. The van der Waals surface area contributed by atoms with E-state index in [-0.39, 0.29) is 21.1 Å². The minimum atomic E-state index is 0. The van der Waals surface area contributed by atoms with Crippen LogP contribution in [0.1, 0.15) is 12.8 Å². The first-order valence-electron chi connectivity index (χ1n) is 2.34. The van der Waals surface area contributed by atoms with E-state index in [0.717, 1.165) is 13.0 Å². The fourth-order valence-electron chi connectivity index (χ4n) is 0.644. The van der Waals surface area contributed by atoms with Crippen LogP contribution in [0.25, 0.3) is 0 Å². The van der Waals surface area contributed by atoms with Gasteiger partial charge in [-0.2, -0.15) is 0 Å². The third-order valence-corrected chi connectivity index (χ3v) is 1.02. The van der Waals surface area contributed by atoms with Crippen molar-refractivity contribution < 1.29 is 25.8 Å². The third kappa shape index (κ3) is 2.46. The fraction of sp³-hybridized carbons (Fsp3) is 0.800. The molecule has 1 rings (SSSR count). The van der Waals surface area contributed by atoms with Crippen LogP contribution >= 0.6 is 0 Å². The number of hydrogen-bond acceptors (Lipinski definition) is 1. The van der Waals surface area contributed by atoms with E-state index in [0.29, 0.717) is 6.10 Å². The van der Waals surface area contributed by atoms with Crippen LogP contribution in [0.2, 0.25) is 0 Å². The van der Waals surface area contributed by atoms with Crippen molar-refractivity contribution in [1.29, 1.82) is 0 Å². The smallest absolute Gasteiger partial charge is 0.0433 e. The zero-order chi connectivity index (χ0) is 4.41. The molecule has 0 aromatic carbocycles. The van der Waals surface area contributed by atoms with Gasteiger partial charge in [0.05, 0.1) is 0 Å².